The van der Waals surface area contributed by atoms with Crippen molar-refractivity contribution in [1.29, 1.82) is 0 Å². The van der Waals surface area contributed by atoms with E-state index in [9.17, 15) is 19.5 Å². The summed E-state index contributed by atoms with van der Waals surface area (Å²) in [5.41, 5.74) is 1.28. The first kappa shape index (κ1) is 17.5. The number of hydrogen-bond donors (Lipinski definition) is 3. The van der Waals surface area contributed by atoms with Crippen LogP contribution in [-0.2, 0) is 4.79 Å². The highest BCUT2D eigenvalue weighted by molar-refractivity contribution is 5.94. The van der Waals surface area contributed by atoms with Gasteiger partial charge in [-0.2, -0.15) is 0 Å². The number of aryl methyl sites for hydroxylation is 1. The van der Waals surface area contributed by atoms with Crippen molar-refractivity contribution in [3.8, 4) is 5.69 Å². The molecule has 0 fully saturated rings. The van der Waals surface area contributed by atoms with Crippen LogP contribution >= 0.6 is 0 Å². The van der Waals surface area contributed by atoms with Crippen LogP contribution < -0.4 is 10.9 Å². The third kappa shape index (κ3) is 4.13. The Balaban J connectivity index is 2.22. The Morgan fingerprint density at radius 3 is 2.42 bits per heavy atom. The van der Waals surface area contributed by atoms with E-state index < -0.39 is 17.9 Å². The number of carbonyl (C=O) groups is 2. The highest BCUT2D eigenvalue weighted by Crippen LogP contribution is 2.08. The molecule has 7 nitrogen and oxygen atoms in total. The summed E-state index contributed by atoms with van der Waals surface area (Å²) in [5, 5.41) is 14.3. The van der Waals surface area contributed by atoms with Crippen LogP contribution in [0.3, 0.4) is 0 Å². The third-order valence-corrected chi connectivity index (χ3v) is 3.57. The molecule has 1 unspecified atom stereocenters. The van der Waals surface area contributed by atoms with E-state index in [0.29, 0.717) is 12.1 Å². The molecule has 2 aromatic rings. The van der Waals surface area contributed by atoms with Crippen LogP contribution in [0.25, 0.3) is 5.69 Å². The summed E-state index contributed by atoms with van der Waals surface area (Å²) in [6, 6.07) is 7.38. The maximum Gasteiger partial charge on any atom is 0.326 e. The minimum atomic E-state index is -1.10. The van der Waals surface area contributed by atoms with Gasteiger partial charge in [-0.15, -0.1) is 0 Å². The first-order chi connectivity index (χ1) is 11.3. The average Bonchev–Trinajstić information content (AvgIpc) is 2.89. The summed E-state index contributed by atoms with van der Waals surface area (Å²) >= 11 is 0. The lowest BCUT2D eigenvalue weighted by Gasteiger charge is -2.15. The second-order valence-corrected chi connectivity index (χ2v) is 6.17. The topological polar surface area (TPSA) is 104 Å². The normalized spacial score (nSPS) is 12.2. The molecule has 1 atom stereocenters. The molecule has 1 heterocycles. The predicted octanol–water partition coefficient (Wildman–Crippen LogP) is 1.70. The monoisotopic (exact) mass is 331 g/mol. The number of carbonyl (C=O) groups excluding carboxylic acids is 1. The van der Waals surface area contributed by atoms with E-state index in [1.807, 2.05) is 32.9 Å². The second-order valence-electron chi connectivity index (χ2n) is 6.17. The molecule has 0 bridgehead atoms. The molecule has 0 spiro atoms. The van der Waals surface area contributed by atoms with Crippen LogP contribution in [0.4, 0.5) is 0 Å². The van der Waals surface area contributed by atoms with Crippen molar-refractivity contribution >= 4 is 11.9 Å². The van der Waals surface area contributed by atoms with Crippen molar-refractivity contribution in [2.24, 2.45) is 5.92 Å². The Morgan fingerprint density at radius 1 is 1.25 bits per heavy atom. The Labute approximate surface area is 139 Å². The number of aliphatic carboxylic acids is 1. The van der Waals surface area contributed by atoms with Gasteiger partial charge in [0.05, 0.1) is 5.69 Å². The van der Waals surface area contributed by atoms with E-state index >= 15 is 0 Å². The molecule has 0 saturated heterocycles. The number of nitrogens with zero attached hydrogens (tertiary/aromatic N) is 1. The van der Waals surface area contributed by atoms with Crippen LogP contribution in [0.15, 0.2) is 35.1 Å². The molecule has 128 valence electrons. The van der Waals surface area contributed by atoms with Crippen LogP contribution in [0.5, 0.6) is 0 Å². The highest BCUT2D eigenvalue weighted by Gasteiger charge is 2.23. The number of amides is 1. The fourth-order valence-electron chi connectivity index (χ4n) is 2.33. The molecule has 0 aliphatic heterocycles. The highest BCUT2D eigenvalue weighted by atomic mass is 16.4. The molecular formula is C17H21N3O4. The SMILES string of the molecule is Cc1ccc(-n2[nH]c(C(=O)NC(CC(C)C)C(=O)O)cc2=O)cc1. The molecule has 0 radical (unpaired) electrons. The van der Waals surface area contributed by atoms with Gasteiger partial charge in [-0.05, 0) is 31.4 Å². The van der Waals surface area contributed by atoms with E-state index in [0.717, 1.165) is 11.6 Å². The van der Waals surface area contributed by atoms with E-state index in [1.54, 1.807) is 12.1 Å². The summed E-state index contributed by atoms with van der Waals surface area (Å²) < 4.78 is 1.24. The van der Waals surface area contributed by atoms with Crippen LogP contribution in [0.2, 0.25) is 0 Å². The Bertz CT molecular complexity index is 787. The summed E-state index contributed by atoms with van der Waals surface area (Å²) in [5.74, 6) is -1.61. The van der Waals surface area contributed by atoms with Crippen LogP contribution in [0.1, 0.15) is 36.3 Å². The number of hydrogen-bond acceptors (Lipinski definition) is 3. The van der Waals surface area contributed by atoms with Crippen molar-refractivity contribution in [2.75, 3.05) is 0 Å². The fraction of sp³-hybridized carbons (Fsp3) is 0.353. The van der Waals surface area contributed by atoms with E-state index in [-0.39, 0.29) is 17.2 Å². The van der Waals surface area contributed by atoms with Crippen molar-refractivity contribution in [2.45, 2.75) is 33.2 Å². The zero-order valence-electron chi connectivity index (χ0n) is 13.9. The Hall–Kier alpha value is -2.83. The zero-order chi connectivity index (χ0) is 17.9. The lowest BCUT2D eigenvalue weighted by molar-refractivity contribution is -0.139. The zero-order valence-corrected chi connectivity index (χ0v) is 13.9. The van der Waals surface area contributed by atoms with E-state index in [4.69, 9.17) is 0 Å². The Morgan fingerprint density at radius 2 is 1.88 bits per heavy atom. The van der Waals surface area contributed by atoms with Gasteiger partial charge in [0, 0.05) is 6.07 Å². The number of carboxylic acid groups (broad SMARTS) is 1. The number of H-pyrrole nitrogens is 1. The summed E-state index contributed by atoms with van der Waals surface area (Å²) in [4.78, 5) is 35.5. The largest absolute Gasteiger partial charge is 0.480 e. The molecule has 1 aromatic heterocycles. The van der Waals surface area contributed by atoms with Gasteiger partial charge in [-0.3, -0.25) is 14.7 Å². The van der Waals surface area contributed by atoms with E-state index in [1.165, 1.54) is 4.68 Å². The molecule has 0 aliphatic rings. The van der Waals surface area contributed by atoms with Gasteiger partial charge in [-0.1, -0.05) is 31.5 Å². The molecule has 1 aromatic carbocycles. The quantitative estimate of drug-likeness (QED) is 0.749. The third-order valence-electron chi connectivity index (χ3n) is 3.57. The molecule has 1 amide bonds. The number of benzene rings is 1. The number of aromatic nitrogens is 2. The van der Waals surface area contributed by atoms with E-state index in [2.05, 4.69) is 10.4 Å². The number of rotatable bonds is 6. The van der Waals surface area contributed by atoms with Gasteiger partial charge in [0.1, 0.15) is 11.7 Å². The maximum absolute atomic E-state index is 12.2. The van der Waals surface area contributed by atoms with Gasteiger partial charge < -0.3 is 10.4 Å². The van der Waals surface area contributed by atoms with Gasteiger partial charge in [0.2, 0.25) is 0 Å². The fourth-order valence-corrected chi connectivity index (χ4v) is 2.33. The van der Waals surface area contributed by atoms with Gasteiger partial charge in [0.25, 0.3) is 11.5 Å². The first-order valence-electron chi connectivity index (χ1n) is 7.70. The standard InChI is InChI=1S/C17H21N3O4/c1-10(2)8-14(17(23)24)18-16(22)13-9-15(21)20(19-13)12-6-4-11(3)5-7-12/h4-7,9-10,14,19H,8H2,1-3H3,(H,18,22)(H,23,24). The first-order valence-corrected chi connectivity index (χ1v) is 7.70. The molecule has 0 saturated carbocycles. The van der Waals surface area contributed by atoms with Crippen molar-refractivity contribution in [3.63, 3.8) is 0 Å². The number of nitrogens with one attached hydrogen (secondary N) is 2. The average molecular weight is 331 g/mol. The minimum absolute atomic E-state index is 0.0237. The van der Waals surface area contributed by atoms with Gasteiger partial charge in [-0.25, -0.2) is 9.48 Å². The molecule has 3 N–H and O–H groups in total. The second kappa shape index (κ2) is 7.16. The molecule has 2 rings (SSSR count). The molecule has 7 heteroatoms. The lowest BCUT2D eigenvalue weighted by atomic mass is 10.0. The number of aromatic amines is 1. The van der Waals surface area contributed by atoms with Crippen molar-refractivity contribution < 1.29 is 14.7 Å². The molecule has 24 heavy (non-hydrogen) atoms. The summed E-state index contributed by atoms with van der Waals surface area (Å²) in [6.45, 7) is 5.68. The lowest BCUT2D eigenvalue weighted by Crippen LogP contribution is -2.41. The smallest absolute Gasteiger partial charge is 0.326 e. The van der Waals surface area contributed by atoms with Gasteiger partial charge >= 0.3 is 5.97 Å². The van der Waals surface area contributed by atoms with Crippen molar-refractivity contribution in [3.05, 3.63) is 51.9 Å². The summed E-state index contributed by atoms with van der Waals surface area (Å²) in [7, 11) is 0. The van der Waals surface area contributed by atoms with Crippen LogP contribution in [-0.4, -0.2) is 32.8 Å². The van der Waals surface area contributed by atoms with Crippen molar-refractivity contribution in [1.82, 2.24) is 15.1 Å². The van der Waals surface area contributed by atoms with Gasteiger partial charge in [0.15, 0.2) is 0 Å². The summed E-state index contributed by atoms with van der Waals surface area (Å²) in [6.07, 6.45) is 0.310. The minimum Gasteiger partial charge on any atom is -0.480 e. The Kier molecular flexibility index (Phi) is 5.23. The predicted molar refractivity (Wildman–Crippen MR) is 89.5 cm³/mol. The number of carboxylic acids is 1. The maximum atomic E-state index is 12.2. The molecular weight excluding hydrogens is 310 g/mol. The van der Waals surface area contributed by atoms with Crippen LogP contribution in [0, 0.1) is 12.8 Å². The molecule has 0 aliphatic carbocycles.